The molecule has 0 aliphatic heterocycles. The Kier molecular flexibility index (Phi) is 3.16. The van der Waals surface area contributed by atoms with Crippen molar-refractivity contribution in [3.05, 3.63) is 18.0 Å². The van der Waals surface area contributed by atoms with Crippen molar-refractivity contribution in [2.45, 2.75) is 6.54 Å². The zero-order valence-electron chi connectivity index (χ0n) is 6.82. The van der Waals surface area contributed by atoms with Gasteiger partial charge in [0.15, 0.2) is 0 Å². The molecule has 0 aromatic carbocycles. The Balaban J connectivity index is 2.43. The average molecular weight is 185 g/mol. The topological polar surface area (TPSA) is 46.9 Å². The molecule has 0 aliphatic rings. The van der Waals surface area contributed by atoms with E-state index in [1.807, 2.05) is 13.1 Å². The third-order valence-corrected chi connectivity index (χ3v) is 1.82. The molecule has 0 spiro atoms. The fourth-order valence-electron chi connectivity index (χ4n) is 0.820. The van der Waals surface area contributed by atoms with Crippen LogP contribution in [0.15, 0.2) is 12.3 Å². The van der Waals surface area contributed by atoms with Crippen molar-refractivity contribution in [1.82, 2.24) is 15.1 Å². The molecule has 12 heavy (non-hydrogen) atoms. The predicted octanol–water partition coefficient (Wildman–Crippen LogP) is -0.0339. The van der Waals surface area contributed by atoms with Gasteiger partial charge in [-0.1, -0.05) is 0 Å². The van der Waals surface area contributed by atoms with Gasteiger partial charge in [-0.2, -0.15) is 17.7 Å². The summed E-state index contributed by atoms with van der Waals surface area (Å²) in [6.45, 7) is 0.510. The molecular formula is C7H11N3OS. The van der Waals surface area contributed by atoms with Crippen LogP contribution in [0.3, 0.4) is 0 Å². The maximum atomic E-state index is 10.8. The highest BCUT2D eigenvalue weighted by atomic mass is 32.1. The van der Waals surface area contributed by atoms with Gasteiger partial charge in [0, 0.05) is 13.2 Å². The van der Waals surface area contributed by atoms with Gasteiger partial charge >= 0.3 is 0 Å². The molecule has 1 amide bonds. The van der Waals surface area contributed by atoms with E-state index in [0.29, 0.717) is 6.54 Å². The van der Waals surface area contributed by atoms with E-state index in [1.54, 1.807) is 10.9 Å². The summed E-state index contributed by atoms with van der Waals surface area (Å²) < 4.78 is 1.72. The van der Waals surface area contributed by atoms with Gasteiger partial charge in [0.2, 0.25) is 5.91 Å². The zero-order chi connectivity index (χ0) is 8.97. The second-order valence-electron chi connectivity index (χ2n) is 2.38. The summed E-state index contributed by atoms with van der Waals surface area (Å²) in [6.07, 6.45) is 1.70. The van der Waals surface area contributed by atoms with Crippen LogP contribution in [0.2, 0.25) is 0 Å². The minimum Gasteiger partial charge on any atom is -0.350 e. The monoisotopic (exact) mass is 185 g/mol. The van der Waals surface area contributed by atoms with Crippen LogP contribution in [0.25, 0.3) is 0 Å². The van der Waals surface area contributed by atoms with Crippen molar-refractivity contribution in [3.63, 3.8) is 0 Å². The first-order valence-electron chi connectivity index (χ1n) is 3.58. The lowest BCUT2D eigenvalue weighted by atomic mass is 10.4. The Labute approximate surface area is 76.4 Å². The van der Waals surface area contributed by atoms with Crippen LogP contribution >= 0.6 is 12.6 Å². The molecule has 0 radical (unpaired) electrons. The number of nitrogens with zero attached hydrogens (tertiary/aromatic N) is 2. The van der Waals surface area contributed by atoms with Gasteiger partial charge in [0.25, 0.3) is 0 Å². The molecule has 4 nitrogen and oxygen atoms in total. The minimum absolute atomic E-state index is 0.0699. The van der Waals surface area contributed by atoms with E-state index in [4.69, 9.17) is 0 Å². The van der Waals surface area contributed by atoms with Crippen LogP contribution in [0, 0.1) is 0 Å². The number of thiol groups is 1. The Morgan fingerprint density at radius 1 is 1.83 bits per heavy atom. The number of hydrogen-bond donors (Lipinski definition) is 2. The van der Waals surface area contributed by atoms with Gasteiger partial charge in [0.1, 0.15) is 0 Å². The van der Waals surface area contributed by atoms with Crippen molar-refractivity contribution < 1.29 is 4.79 Å². The molecule has 1 aromatic rings. The summed E-state index contributed by atoms with van der Waals surface area (Å²) in [5, 5.41) is 6.67. The lowest BCUT2D eigenvalue weighted by Crippen LogP contribution is -2.24. The fraction of sp³-hybridized carbons (Fsp3) is 0.429. The van der Waals surface area contributed by atoms with Crippen molar-refractivity contribution in [2.24, 2.45) is 7.05 Å². The minimum atomic E-state index is -0.0699. The van der Waals surface area contributed by atoms with Crippen molar-refractivity contribution in [2.75, 3.05) is 5.75 Å². The normalized spacial score (nSPS) is 9.83. The maximum absolute atomic E-state index is 10.8. The van der Waals surface area contributed by atoms with Crippen LogP contribution in [-0.2, 0) is 18.4 Å². The van der Waals surface area contributed by atoms with Crippen LogP contribution in [0.4, 0.5) is 0 Å². The molecule has 0 atom stereocenters. The van der Waals surface area contributed by atoms with Crippen LogP contribution < -0.4 is 5.32 Å². The Morgan fingerprint density at radius 2 is 2.58 bits per heavy atom. The zero-order valence-corrected chi connectivity index (χ0v) is 7.71. The van der Waals surface area contributed by atoms with Gasteiger partial charge in [-0.05, 0) is 6.07 Å². The van der Waals surface area contributed by atoms with E-state index >= 15 is 0 Å². The van der Waals surface area contributed by atoms with Crippen molar-refractivity contribution in [3.8, 4) is 0 Å². The highest BCUT2D eigenvalue weighted by Crippen LogP contribution is 1.94. The standard InChI is InChI=1S/C7H11N3OS/c1-10-6(2-3-9-10)4-8-7(11)5-12/h2-3,12H,4-5H2,1H3,(H,8,11). The molecule has 1 N–H and O–H groups in total. The summed E-state index contributed by atoms with van der Waals surface area (Å²) in [4.78, 5) is 10.8. The predicted molar refractivity (Wildman–Crippen MR) is 48.9 cm³/mol. The van der Waals surface area contributed by atoms with E-state index < -0.39 is 0 Å². The first-order chi connectivity index (χ1) is 5.74. The third-order valence-electron chi connectivity index (χ3n) is 1.53. The van der Waals surface area contributed by atoms with E-state index in [2.05, 4.69) is 23.0 Å². The molecule has 0 saturated heterocycles. The number of aromatic nitrogens is 2. The van der Waals surface area contributed by atoms with Gasteiger partial charge in [0.05, 0.1) is 18.0 Å². The smallest absolute Gasteiger partial charge is 0.230 e. The molecule has 0 fully saturated rings. The molecule has 1 heterocycles. The molecule has 66 valence electrons. The third kappa shape index (κ3) is 2.27. The number of nitrogens with one attached hydrogen (secondary N) is 1. The second-order valence-corrected chi connectivity index (χ2v) is 2.70. The summed E-state index contributed by atoms with van der Waals surface area (Å²) in [7, 11) is 1.84. The number of carbonyl (C=O) groups is 1. The van der Waals surface area contributed by atoms with Gasteiger partial charge in [-0.3, -0.25) is 9.48 Å². The summed E-state index contributed by atoms with van der Waals surface area (Å²) >= 11 is 3.84. The SMILES string of the molecule is Cn1nccc1CNC(=O)CS. The van der Waals surface area contributed by atoms with E-state index in [0.717, 1.165) is 5.69 Å². The number of hydrogen-bond acceptors (Lipinski definition) is 3. The number of aryl methyl sites for hydroxylation is 1. The van der Waals surface area contributed by atoms with Crippen LogP contribution in [-0.4, -0.2) is 21.4 Å². The maximum Gasteiger partial charge on any atom is 0.230 e. The quantitative estimate of drug-likeness (QED) is 0.649. The molecule has 0 unspecified atom stereocenters. The van der Waals surface area contributed by atoms with E-state index in [1.165, 1.54) is 0 Å². The van der Waals surface area contributed by atoms with E-state index in [-0.39, 0.29) is 11.7 Å². The Hall–Kier alpha value is -0.970. The Bertz CT molecular complexity index is 271. The molecule has 0 saturated carbocycles. The number of carbonyl (C=O) groups excluding carboxylic acids is 1. The van der Waals surface area contributed by atoms with Crippen molar-refractivity contribution >= 4 is 18.5 Å². The summed E-state index contributed by atoms with van der Waals surface area (Å²) in [5.41, 5.74) is 0.977. The first-order valence-corrected chi connectivity index (χ1v) is 4.21. The fourth-order valence-corrected chi connectivity index (χ4v) is 0.932. The molecular weight excluding hydrogens is 174 g/mol. The van der Waals surface area contributed by atoms with Gasteiger partial charge < -0.3 is 5.32 Å². The van der Waals surface area contributed by atoms with Crippen molar-refractivity contribution in [1.29, 1.82) is 0 Å². The Morgan fingerprint density at radius 3 is 3.08 bits per heavy atom. The summed E-state index contributed by atoms with van der Waals surface area (Å²) in [6, 6.07) is 1.86. The number of rotatable bonds is 3. The highest BCUT2D eigenvalue weighted by molar-refractivity contribution is 7.81. The van der Waals surface area contributed by atoms with Crippen LogP contribution in [0.1, 0.15) is 5.69 Å². The molecule has 1 aromatic heterocycles. The number of amides is 1. The molecule has 0 aliphatic carbocycles. The highest BCUT2D eigenvalue weighted by Gasteiger charge is 2.00. The summed E-state index contributed by atoms with van der Waals surface area (Å²) in [5.74, 6) is 0.150. The van der Waals surface area contributed by atoms with E-state index in [9.17, 15) is 4.79 Å². The largest absolute Gasteiger partial charge is 0.350 e. The van der Waals surface area contributed by atoms with Crippen LogP contribution in [0.5, 0.6) is 0 Å². The second kappa shape index (κ2) is 4.15. The lowest BCUT2D eigenvalue weighted by molar-refractivity contribution is -0.118. The average Bonchev–Trinajstić information content (AvgIpc) is 2.47. The molecule has 1 rings (SSSR count). The van der Waals surface area contributed by atoms with Gasteiger partial charge in [-0.25, -0.2) is 0 Å². The van der Waals surface area contributed by atoms with Gasteiger partial charge in [-0.15, -0.1) is 0 Å². The molecule has 5 heteroatoms. The molecule has 0 bridgehead atoms. The first kappa shape index (κ1) is 9.12. The lowest BCUT2D eigenvalue weighted by Gasteiger charge is -2.02.